The number of benzene rings is 1. The highest BCUT2D eigenvalue weighted by Crippen LogP contribution is 2.24. The fourth-order valence-corrected chi connectivity index (χ4v) is 5.03. The summed E-state index contributed by atoms with van der Waals surface area (Å²) in [6.07, 6.45) is 10.8. The first-order valence-electron chi connectivity index (χ1n) is 10.8. The van der Waals surface area contributed by atoms with Gasteiger partial charge in [0.25, 0.3) is 5.91 Å². The second-order valence-corrected chi connectivity index (χ2v) is 9.89. The van der Waals surface area contributed by atoms with Crippen LogP contribution in [-0.2, 0) is 10.0 Å². The maximum atomic E-state index is 12.9. The normalized spacial score (nSPS) is 20.5. The van der Waals surface area contributed by atoms with Crippen LogP contribution in [0.5, 0.6) is 5.75 Å². The van der Waals surface area contributed by atoms with Crippen molar-refractivity contribution < 1.29 is 17.9 Å². The number of amides is 1. The van der Waals surface area contributed by atoms with Gasteiger partial charge < -0.3 is 10.1 Å². The molecule has 1 aromatic carbocycles. The lowest BCUT2D eigenvalue weighted by Gasteiger charge is -2.26. The molecule has 0 aromatic heterocycles. The minimum Gasteiger partial charge on any atom is -0.496 e. The molecule has 1 aliphatic heterocycles. The lowest BCUT2D eigenvalue weighted by Crippen LogP contribution is -2.41. The number of rotatable bonds is 8. The van der Waals surface area contributed by atoms with Gasteiger partial charge in [0.05, 0.1) is 17.6 Å². The van der Waals surface area contributed by atoms with Gasteiger partial charge in [0.2, 0.25) is 10.0 Å². The maximum Gasteiger partial charge on any atom is 0.255 e. The smallest absolute Gasteiger partial charge is 0.255 e. The average Bonchev–Trinajstić information content (AvgIpc) is 3.03. The van der Waals surface area contributed by atoms with Gasteiger partial charge in [-0.3, -0.25) is 9.69 Å². The number of nitrogens with zero attached hydrogens (tertiary/aromatic N) is 1. The summed E-state index contributed by atoms with van der Waals surface area (Å²) < 4.78 is 31.8. The number of sulfonamides is 1. The summed E-state index contributed by atoms with van der Waals surface area (Å²) in [5.74, 6) is 0.0370. The molecule has 3 rings (SSSR count). The minimum absolute atomic E-state index is 0.0405. The molecule has 30 heavy (non-hydrogen) atoms. The van der Waals surface area contributed by atoms with Crippen LogP contribution >= 0.6 is 0 Å². The summed E-state index contributed by atoms with van der Waals surface area (Å²) in [7, 11) is -0.823. The lowest BCUT2D eigenvalue weighted by atomic mass is 10.1. The molecular weight excluding hydrogens is 402 g/mol. The van der Waals surface area contributed by atoms with Gasteiger partial charge in [0.15, 0.2) is 0 Å². The lowest BCUT2D eigenvalue weighted by molar-refractivity contribution is 0.0938. The summed E-state index contributed by atoms with van der Waals surface area (Å²) in [5.41, 5.74) is 1.75. The van der Waals surface area contributed by atoms with E-state index in [-0.39, 0.29) is 16.4 Å². The molecular formula is C22H33N3O4S. The Bertz CT molecular complexity index is 882. The van der Waals surface area contributed by atoms with Gasteiger partial charge in [-0.15, -0.1) is 0 Å². The van der Waals surface area contributed by atoms with Crippen molar-refractivity contribution in [2.45, 2.75) is 55.9 Å². The fraction of sp³-hybridized carbons (Fsp3) is 0.591. The fourth-order valence-electron chi connectivity index (χ4n) is 4.28. The number of carbonyl (C=O) groups is 1. The number of hydrogen-bond acceptors (Lipinski definition) is 5. The van der Waals surface area contributed by atoms with Crippen LogP contribution < -0.4 is 14.8 Å². The van der Waals surface area contributed by atoms with E-state index in [1.54, 1.807) is 0 Å². The molecule has 166 valence electrons. The third kappa shape index (κ3) is 5.62. The first-order valence-corrected chi connectivity index (χ1v) is 12.2. The molecule has 1 aromatic rings. The van der Waals surface area contributed by atoms with E-state index in [9.17, 15) is 13.2 Å². The third-order valence-electron chi connectivity index (χ3n) is 6.03. The molecule has 7 nitrogen and oxygen atoms in total. The number of methoxy groups -OCH3 is 1. The van der Waals surface area contributed by atoms with Gasteiger partial charge in [-0.2, -0.15) is 0 Å². The molecule has 1 aliphatic carbocycles. The SMILES string of the molecule is CNS(=O)(=O)c1ccc(OC)c(C(=O)NCC2CCCN2CC2=CCCCCC2)c1. The van der Waals surface area contributed by atoms with Gasteiger partial charge in [-0.1, -0.05) is 18.1 Å². The van der Waals surface area contributed by atoms with Gasteiger partial charge in [-0.25, -0.2) is 13.1 Å². The predicted molar refractivity (Wildman–Crippen MR) is 117 cm³/mol. The van der Waals surface area contributed by atoms with Gasteiger partial charge in [0.1, 0.15) is 5.75 Å². The van der Waals surface area contributed by atoms with E-state index in [4.69, 9.17) is 4.74 Å². The van der Waals surface area contributed by atoms with Crippen molar-refractivity contribution >= 4 is 15.9 Å². The molecule has 2 aliphatic rings. The highest BCUT2D eigenvalue weighted by Gasteiger charge is 2.26. The second-order valence-electron chi connectivity index (χ2n) is 8.01. The van der Waals surface area contributed by atoms with Crippen molar-refractivity contribution in [2.24, 2.45) is 0 Å². The zero-order chi connectivity index (χ0) is 21.6. The van der Waals surface area contributed by atoms with Crippen LogP contribution in [0.2, 0.25) is 0 Å². The molecule has 0 radical (unpaired) electrons. The quantitative estimate of drug-likeness (QED) is 0.613. The largest absolute Gasteiger partial charge is 0.496 e. The molecule has 1 atom stereocenters. The Hall–Kier alpha value is -1.90. The molecule has 1 heterocycles. The van der Waals surface area contributed by atoms with Crippen LogP contribution in [-0.4, -0.2) is 59.1 Å². The number of allylic oxidation sites excluding steroid dienone is 1. The summed E-state index contributed by atoms with van der Waals surface area (Å²) >= 11 is 0. The Morgan fingerprint density at radius 3 is 2.83 bits per heavy atom. The van der Waals surface area contributed by atoms with E-state index < -0.39 is 10.0 Å². The van der Waals surface area contributed by atoms with Gasteiger partial charge >= 0.3 is 0 Å². The molecule has 2 N–H and O–H groups in total. The number of nitrogens with one attached hydrogen (secondary N) is 2. The molecule has 1 unspecified atom stereocenters. The van der Waals surface area contributed by atoms with Crippen molar-refractivity contribution in [1.82, 2.24) is 14.9 Å². The molecule has 1 fully saturated rings. The predicted octanol–water partition coefficient (Wildman–Crippen LogP) is 2.69. The summed E-state index contributed by atoms with van der Waals surface area (Å²) in [4.78, 5) is 15.4. The Balaban J connectivity index is 1.65. The van der Waals surface area contributed by atoms with Crippen molar-refractivity contribution in [3.8, 4) is 5.75 Å². The standard InChI is InChI=1S/C22H33N3O4S/c1-23-30(27,28)19-11-12-21(29-2)20(14-19)22(26)24-15-18-10-7-13-25(18)16-17-8-5-3-4-6-9-17/h8,11-12,14,18,23H,3-7,9-10,13,15-16H2,1-2H3,(H,24,26). The molecule has 0 bridgehead atoms. The maximum absolute atomic E-state index is 12.9. The zero-order valence-corrected chi connectivity index (χ0v) is 18.8. The van der Waals surface area contributed by atoms with E-state index in [1.807, 2.05) is 0 Å². The first kappa shape index (κ1) is 22.8. The van der Waals surface area contributed by atoms with Gasteiger partial charge in [-0.05, 0) is 70.3 Å². The Kier molecular flexibility index (Phi) is 7.91. The summed E-state index contributed by atoms with van der Waals surface area (Å²) in [6.45, 7) is 2.58. The van der Waals surface area contributed by atoms with Crippen molar-refractivity contribution in [3.05, 3.63) is 35.4 Å². The van der Waals surface area contributed by atoms with Crippen molar-refractivity contribution in [3.63, 3.8) is 0 Å². The molecule has 0 spiro atoms. The first-order chi connectivity index (χ1) is 14.4. The minimum atomic E-state index is -3.64. The van der Waals surface area contributed by atoms with E-state index in [1.165, 1.54) is 70.0 Å². The molecule has 1 amide bonds. The highest BCUT2D eigenvalue weighted by atomic mass is 32.2. The zero-order valence-electron chi connectivity index (χ0n) is 17.9. The van der Waals surface area contributed by atoms with E-state index in [0.717, 1.165) is 25.9 Å². The molecule has 8 heteroatoms. The Labute approximate surface area is 179 Å². The Morgan fingerprint density at radius 2 is 2.07 bits per heavy atom. The van der Waals surface area contributed by atoms with Crippen molar-refractivity contribution in [1.29, 1.82) is 0 Å². The number of likely N-dealkylation sites (tertiary alicyclic amines) is 1. The van der Waals surface area contributed by atoms with Gasteiger partial charge in [0, 0.05) is 19.1 Å². The molecule has 0 saturated carbocycles. The topological polar surface area (TPSA) is 87.7 Å². The van der Waals surface area contributed by atoms with Crippen LogP contribution in [0.3, 0.4) is 0 Å². The summed E-state index contributed by atoms with van der Waals surface area (Å²) in [6, 6.07) is 4.61. The van der Waals surface area contributed by atoms with E-state index in [0.29, 0.717) is 18.3 Å². The Morgan fingerprint density at radius 1 is 1.23 bits per heavy atom. The van der Waals surface area contributed by atoms with E-state index >= 15 is 0 Å². The van der Waals surface area contributed by atoms with Crippen LogP contribution in [0.15, 0.2) is 34.7 Å². The van der Waals surface area contributed by atoms with Crippen LogP contribution in [0.1, 0.15) is 55.3 Å². The van der Waals surface area contributed by atoms with Crippen LogP contribution in [0.4, 0.5) is 0 Å². The van der Waals surface area contributed by atoms with Crippen molar-refractivity contribution in [2.75, 3.05) is 33.8 Å². The second kappa shape index (κ2) is 10.4. The number of hydrogen-bond donors (Lipinski definition) is 2. The summed E-state index contributed by atoms with van der Waals surface area (Å²) in [5, 5.41) is 3.00. The third-order valence-corrected chi connectivity index (χ3v) is 7.45. The molecule has 1 saturated heterocycles. The van der Waals surface area contributed by atoms with E-state index in [2.05, 4.69) is 21.0 Å². The monoisotopic (exact) mass is 435 g/mol. The highest BCUT2D eigenvalue weighted by molar-refractivity contribution is 7.89. The average molecular weight is 436 g/mol. The van der Waals surface area contributed by atoms with Crippen LogP contribution in [0, 0.1) is 0 Å². The van der Waals surface area contributed by atoms with Crippen LogP contribution in [0.25, 0.3) is 0 Å². The number of carbonyl (C=O) groups excluding carboxylic acids is 1. The number of ether oxygens (including phenoxy) is 1.